The highest BCUT2D eigenvalue weighted by atomic mass is 32.1. The molecule has 150 valence electrons. The van der Waals surface area contributed by atoms with Gasteiger partial charge in [0, 0.05) is 22.6 Å². The fourth-order valence-electron chi connectivity index (χ4n) is 3.09. The lowest BCUT2D eigenvalue weighted by Gasteiger charge is -2.22. The fraction of sp³-hybridized carbons (Fsp3) is 0.0952. The molecule has 4 rings (SSSR count). The molecule has 2 aromatic heterocycles. The largest absolute Gasteiger partial charge is 0.326 e. The van der Waals surface area contributed by atoms with Crippen LogP contribution < -0.4 is 5.56 Å². The predicted molar refractivity (Wildman–Crippen MR) is 113 cm³/mol. The first-order chi connectivity index (χ1) is 14.5. The second-order valence-electron chi connectivity index (χ2n) is 6.57. The van der Waals surface area contributed by atoms with Gasteiger partial charge in [0.2, 0.25) is 0 Å². The van der Waals surface area contributed by atoms with E-state index in [1.165, 1.54) is 35.6 Å². The Hall–Kier alpha value is -3.85. The number of H-pyrrole nitrogens is 1. The van der Waals surface area contributed by atoms with Gasteiger partial charge in [0.15, 0.2) is 0 Å². The lowest BCUT2D eigenvalue weighted by atomic mass is 10.1. The molecule has 4 aromatic rings. The van der Waals surface area contributed by atoms with E-state index in [9.17, 15) is 19.7 Å². The number of thiophene rings is 1. The SMILES string of the molecule is O=C(c1ccc([N+](=O)[O-])cc1)N(Cc1nc2ccccc2c(=O)[nH]1)Cc1cccs1. The summed E-state index contributed by atoms with van der Waals surface area (Å²) in [5.41, 5.74) is 0.516. The van der Waals surface area contributed by atoms with Crippen molar-refractivity contribution in [2.24, 2.45) is 0 Å². The van der Waals surface area contributed by atoms with E-state index in [1.54, 1.807) is 29.2 Å². The summed E-state index contributed by atoms with van der Waals surface area (Å²) in [6, 6.07) is 16.3. The highest BCUT2D eigenvalue weighted by molar-refractivity contribution is 7.09. The Morgan fingerprint density at radius 3 is 2.53 bits per heavy atom. The standard InChI is InChI=1S/C21H16N4O4S/c26-20-17-5-1-2-6-18(17)22-19(23-20)13-24(12-16-4-3-11-30-16)21(27)14-7-9-15(10-8-14)25(28)29/h1-11H,12-13H2,(H,22,23,26). The van der Waals surface area contributed by atoms with Gasteiger partial charge in [0.25, 0.3) is 17.2 Å². The number of hydrogen-bond acceptors (Lipinski definition) is 6. The van der Waals surface area contributed by atoms with E-state index in [-0.39, 0.29) is 23.7 Å². The summed E-state index contributed by atoms with van der Waals surface area (Å²) in [6.45, 7) is 0.415. The van der Waals surface area contributed by atoms with Crippen molar-refractivity contribution in [3.63, 3.8) is 0 Å². The van der Waals surface area contributed by atoms with Crippen molar-refractivity contribution in [1.29, 1.82) is 0 Å². The first-order valence-electron chi connectivity index (χ1n) is 9.05. The van der Waals surface area contributed by atoms with E-state index in [1.807, 2.05) is 17.5 Å². The summed E-state index contributed by atoms with van der Waals surface area (Å²) < 4.78 is 0. The molecule has 30 heavy (non-hydrogen) atoms. The van der Waals surface area contributed by atoms with Crippen molar-refractivity contribution in [2.75, 3.05) is 0 Å². The number of non-ortho nitro benzene ring substituents is 1. The maximum atomic E-state index is 13.1. The number of nitro groups is 1. The van der Waals surface area contributed by atoms with Crippen LogP contribution in [-0.2, 0) is 13.1 Å². The average molecular weight is 420 g/mol. The van der Waals surface area contributed by atoms with Crippen LogP contribution in [-0.4, -0.2) is 25.7 Å². The molecule has 0 atom stereocenters. The Morgan fingerprint density at radius 2 is 1.83 bits per heavy atom. The second kappa shape index (κ2) is 8.26. The maximum absolute atomic E-state index is 13.1. The summed E-state index contributed by atoms with van der Waals surface area (Å²) in [6.07, 6.45) is 0. The Labute approximate surface area is 174 Å². The normalized spacial score (nSPS) is 10.8. The number of carbonyl (C=O) groups is 1. The molecule has 0 bridgehead atoms. The molecule has 1 amide bonds. The van der Waals surface area contributed by atoms with Crippen molar-refractivity contribution in [3.05, 3.63) is 103 Å². The van der Waals surface area contributed by atoms with Gasteiger partial charge in [-0.3, -0.25) is 19.7 Å². The van der Waals surface area contributed by atoms with E-state index in [2.05, 4.69) is 9.97 Å². The highest BCUT2D eigenvalue weighted by Crippen LogP contribution is 2.19. The van der Waals surface area contributed by atoms with Crippen LogP contribution in [0.4, 0.5) is 5.69 Å². The van der Waals surface area contributed by atoms with Crippen LogP contribution in [0.5, 0.6) is 0 Å². The van der Waals surface area contributed by atoms with Crippen molar-refractivity contribution in [2.45, 2.75) is 13.1 Å². The van der Waals surface area contributed by atoms with Gasteiger partial charge in [-0.25, -0.2) is 4.98 Å². The van der Waals surface area contributed by atoms with Gasteiger partial charge in [-0.05, 0) is 35.7 Å². The van der Waals surface area contributed by atoms with Crippen LogP contribution in [0.3, 0.4) is 0 Å². The number of carbonyl (C=O) groups excluding carboxylic acids is 1. The zero-order valence-electron chi connectivity index (χ0n) is 15.6. The third kappa shape index (κ3) is 4.11. The lowest BCUT2D eigenvalue weighted by Crippen LogP contribution is -2.31. The molecular formula is C21H16N4O4S. The number of aromatic amines is 1. The smallest absolute Gasteiger partial charge is 0.269 e. The zero-order valence-corrected chi connectivity index (χ0v) is 16.5. The first-order valence-corrected chi connectivity index (χ1v) is 9.93. The molecule has 0 saturated carbocycles. The van der Waals surface area contributed by atoms with Gasteiger partial charge < -0.3 is 9.88 Å². The van der Waals surface area contributed by atoms with Crippen molar-refractivity contribution in [3.8, 4) is 0 Å². The lowest BCUT2D eigenvalue weighted by molar-refractivity contribution is -0.384. The molecule has 0 radical (unpaired) electrons. The van der Waals surface area contributed by atoms with Gasteiger partial charge in [0.05, 0.1) is 28.9 Å². The van der Waals surface area contributed by atoms with Crippen molar-refractivity contribution >= 4 is 33.8 Å². The van der Waals surface area contributed by atoms with Gasteiger partial charge in [-0.15, -0.1) is 11.3 Å². The van der Waals surface area contributed by atoms with Crippen LogP contribution >= 0.6 is 11.3 Å². The van der Waals surface area contributed by atoms with E-state index >= 15 is 0 Å². The molecule has 0 aliphatic heterocycles. The number of rotatable bonds is 6. The molecule has 0 aliphatic rings. The van der Waals surface area contributed by atoms with Crippen LogP contribution in [0.15, 0.2) is 70.8 Å². The Balaban J connectivity index is 1.67. The highest BCUT2D eigenvalue weighted by Gasteiger charge is 2.20. The maximum Gasteiger partial charge on any atom is 0.269 e. The number of nitro benzene ring substituents is 1. The number of fused-ring (bicyclic) bond motifs is 1. The minimum Gasteiger partial charge on any atom is -0.326 e. The van der Waals surface area contributed by atoms with E-state index in [4.69, 9.17) is 0 Å². The number of para-hydroxylation sites is 1. The van der Waals surface area contributed by atoms with Crippen LogP contribution in [0.1, 0.15) is 21.1 Å². The van der Waals surface area contributed by atoms with E-state index < -0.39 is 4.92 Å². The molecule has 8 nitrogen and oxygen atoms in total. The molecular weight excluding hydrogens is 404 g/mol. The third-order valence-corrected chi connectivity index (χ3v) is 5.40. The van der Waals surface area contributed by atoms with Crippen molar-refractivity contribution in [1.82, 2.24) is 14.9 Å². The fourth-order valence-corrected chi connectivity index (χ4v) is 3.81. The van der Waals surface area contributed by atoms with Crippen LogP contribution in [0, 0.1) is 10.1 Å². The Morgan fingerprint density at radius 1 is 1.07 bits per heavy atom. The molecule has 9 heteroatoms. The molecule has 0 spiro atoms. The third-order valence-electron chi connectivity index (χ3n) is 4.54. The average Bonchev–Trinajstić information content (AvgIpc) is 3.26. The molecule has 2 aromatic carbocycles. The number of nitrogens with zero attached hydrogens (tertiary/aromatic N) is 3. The van der Waals surface area contributed by atoms with Gasteiger partial charge in [0.1, 0.15) is 5.82 Å². The number of amides is 1. The number of benzene rings is 2. The topological polar surface area (TPSA) is 109 Å². The molecule has 1 N–H and O–H groups in total. The van der Waals surface area contributed by atoms with Gasteiger partial charge >= 0.3 is 0 Å². The van der Waals surface area contributed by atoms with Crippen LogP contribution in [0.25, 0.3) is 10.9 Å². The van der Waals surface area contributed by atoms with Gasteiger partial charge in [-0.2, -0.15) is 0 Å². The molecule has 0 fully saturated rings. The number of hydrogen-bond donors (Lipinski definition) is 1. The Bertz CT molecular complexity index is 1270. The van der Waals surface area contributed by atoms with E-state index in [0.717, 1.165) is 4.88 Å². The summed E-state index contributed by atoms with van der Waals surface area (Å²) in [5.74, 6) is 0.0552. The predicted octanol–water partition coefficient (Wildman–Crippen LogP) is 3.74. The zero-order chi connectivity index (χ0) is 21.1. The monoisotopic (exact) mass is 420 g/mol. The summed E-state index contributed by atoms with van der Waals surface area (Å²) >= 11 is 1.51. The quantitative estimate of drug-likeness (QED) is 0.378. The number of nitrogens with one attached hydrogen (secondary N) is 1. The Kier molecular flexibility index (Phi) is 5.36. The molecule has 0 saturated heterocycles. The summed E-state index contributed by atoms with van der Waals surface area (Å²) in [5, 5.41) is 13.3. The minimum atomic E-state index is -0.512. The number of aromatic nitrogens is 2. The first kappa shape index (κ1) is 19.5. The van der Waals surface area contributed by atoms with Gasteiger partial charge in [-0.1, -0.05) is 18.2 Å². The van der Waals surface area contributed by atoms with Crippen molar-refractivity contribution < 1.29 is 9.72 Å². The van der Waals surface area contributed by atoms with E-state index in [0.29, 0.717) is 28.8 Å². The summed E-state index contributed by atoms with van der Waals surface area (Å²) in [7, 11) is 0. The van der Waals surface area contributed by atoms with Crippen LogP contribution in [0.2, 0.25) is 0 Å². The molecule has 0 unspecified atom stereocenters. The molecule has 2 heterocycles. The minimum absolute atomic E-state index is 0.0862. The second-order valence-corrected chi connectivity index (χ2v) is 7.61. The summed E-state index contributed by atoms with van der Waals surface area (Å²) in [4.78, 5) is 45.6. The molecule has 0 aliphatic carbocycles.